The van der Waals surface area contributed by atoms with Crippen molar-refractivity contribution in [3.8, 4) is 17.2 Å². The number of carbonyl (C=O) groups is 1. The highest BCUT2D eigenvalue weighted by Gasteiger charge is 2.22. The van der Waals surface area contributed by atoms with Crippen LogP contribution in [-0.2, 0) is 11.3 Å². The van der Waals surface area contributed by atoms with Gasteiger partial charge in [-0.25, -0.2) is 0 Å². The highest BCUT2D eigenvalue weighted by molar-refractivity contribution is 5.78. The minimum atomic E-state index is 0.0442. The molecular formula is C22H26N2O4. The van der Waals surface area contributed by atoms with E-state index >= 15 is 0 Å². The fourth-order valence-corrected chi connectivity index (χ4v) is 3.64. The van der Waals surface area contributed by atoms with E-state index in [1.165, 1.54) is 11.1 Å². The smallest absolute Gasteiger partial charge is 0.260 e. The zero-order valence-electron chi connectivity index (χ0n) is 16.4. The number of amides is 1. The molecule has 0 radical (unpaired) electrons. The molecule has 0 atom stereocenters. The molecule has 148 valence electrons. The third kappa shape index (κ3) is 4.22. The topological polar surface area (TPSA) is 51.2 Å². The quantitative estimate of drug-likeness (QED) is 0.796. The van der Waals surface area contributed by atoms with Gasteiger partial charge < -0.3 is 19.1 Å². The summed E-state index contributed by atoms with van der Waals surface area (Å²) in [5.41, 5.74) is 3.44. The van der Waals surface area contributed by atoms with Crippen molar-refractivity contribution in [1.82, 2.24) is 9.80 Å². The predicted octanol–water partition coefficient (Wildman–Crippen LogP) is 2.76. The first kappa shape index (κ1) is 18.6. The first-order valence-electron chi connectivity index (χ1n) is 9.67. The molecule has 4 rings (SSSR count). The third-order valence-electron chi connectivity index (χ3n) is 5.25. The molecule has 2 aliphatic heterocycles. The van der Waals surface area contributed by atoms with Crippen LogP contribution in [0, 0.1) is 13.8 Å². The third-order valence-corrected chi connectivity index (χ3v) is 5.25. The van der Waals surface area contributed by atoms with Crippen LogP contribution in [0.2, 0.25) is 0 Å². The van der Waals surface area contributed by atoms with Crippen molar-refractivity contribution in [2.75, 3.05) is 39.6 Å². The molecule has 2 heterocycles. The minimum Gasteiger partial charge on any atom is -0.484 e. The largest absolute Gasteiger partial charge is 0.484 e. The summed E-state index contributed by atoms with van der Waals surface area (Å²) in [4.78, 5) is 16.7. The van der Waals surface area contributed by atoms with Gasteiger partial charge in [-0.05, 0) is 43.2 Å². The molecule has 1 fully saturated rings. The Morgan fingerprint density at radius 1 is 1.00 bits per heavy atom. The fourth-order valence-electron chi connectivity index (χ4n) is 3.64. The summed E-state index contributed by atoms with van der Waals surface area (Å²) in [5, 5.41) is 0. The Hall–Kier alpha value is -2.73. The van der Waals surface area contributed by atoms with E-state index in [0.717, 1.165) is 55.5 Å². The molecule has 6 nitrogen and oxygen atoms in total. The lowest BCUT2D eigenvalue weighted by molar-refractivity contribution is -0.135. The molecule has 0 N–H and O–H groups in total. The SMILES string of the molecule is Cc1ccc(OCC(=O)N2CCN(Cc3ccc4c(c3)OCO4)CC2)c(C)c1. The number of piperazine rings is 1. The van der Waals surface area contributed by atoms with Crippen LogP contribution in [0.25, 0.3) is 0 Å². The number of benzene rings is 2. The Labute approximate surface area is 165 Å². The molecule has 0 aromatic heterocycles. The van der Waals surface area contributed by atoms with E-state index in [1.54, 1.807) is 0 Å². The summed E-state index contributed by atoms with van der Waals surface area (Å²) in [6.45, 7) is 8.42. The monoisotopic (exact) mass is 382 g/mol. The molecule has 0 spiro atoms. The minimum absolute atomic E-state index is 0.0442. The number of hydrogen-bond acceptors (Lipinski definition) is 5. The Balaban J connectivity index is 1.25. The molecule has 0 aliphatic carbocycles. The van der Waals surface area contributed by atoms with Crippen LogP contribution < -0.4 is 14.2 Å². The van der Waals surface area contributed by atoms with Gasteiger partial charge in [-0.1, -0.05) is 23.8 Å². The van der Waals surface area contributed by atoms with Gasteiger partial charge >= 0.3 is 0 Å². The average Bonchev–Trinajstić information content (AvgIpc) is 3.15. The van der Waals surface area contributed by atoms with Gasteiger partial charge in [0.2, 0.25) is 6.79 Å². The van der Waals surface area contributed by atoms with Crippen LogP contribution in [0.4, 0.5) is 0 Å². The zero-order valence-corrected chi connectivity index (χ0v) is 16.4. The van der Waals surface area contributed by atoms with Crippen LogP contribution in [0.5, 0.6) is 17.2 Å². The van der Waals surface area contributed by atoms with E-state index in [9.17, 15) is 4.79 Å². The van der Waals surface area contributed by atoms with Crippen molar-refractivity contribution in [2.24, 2.45) is 0 Å². The van der Waals surface area contributed by atoms with E-state index in [-0.39, 0.29) is 12.5 Å². The second-order valence-electron chi connectivity index (χ2n) is 7.40. The van der Waals surface area contributed by atoms with Crippen molar-refractivity contribution in [1.29, 1.82) is 0 Å². The summed E-state index contributed by atoms with van der Waals surface area (Å²) in [6.07, 6.45) is 0. The Morgan fingerprint density at radius 3 is 2.57 bits per heavy atom. The number of nitrogens with zero attached hydrogens (tertiary/aromatic N) is 2. The number of hydrogen-bond donors (Lipinski definition) is 0. The molecule has 28 heavy (non-hydrogen) atoms. The summed E-state index contributed by atoms with van der Waals surface area (Å²) in [7, 11) is 0. The molecule has 2 aliphatic rings. The zero-order chi connectivity index (χ0) is 19.5. The standard InChI is InChI=1S/C22H26N2O4/c1-16-3-5-19(17(2)11-16)26-14-22(25)24-9-7-23(8-10-24)13-18-4-6-20-21(12-18)28-15-27-20/h3-6,11-12H,7-10,13-15H2,1-2H3. The van der Waals surface area contributed by atoms with Gasteiger partial charge in [0, 0.05) is 32.7 Å². The first-order chi connectivity index (χ1) is 13.6. The van der Waals surface area contributed by atoms with Crippen LogP contribution >= 0.6 is 0 Å². The number of rotatable bonds is 5. The maximum atomic E-state index is 12.5. The Morgan fingerprint density at radius 2 is 1.79 bits per heavy atom. The van der Waals surface area contributed by atoms with Gasteiger partial charge in [0.15, 0.2) is 18.1 Å². The van der Waals surface area contributed by atoms with Gasteiger partial charge in [-0.2, -0.15) is 0 Å². The number of aryl methyl sites for hydroxylation is 2. The van der Waals surface area contributed by atoms with Gasteiger partial charge in [0.1, 0.15) is 5.75 Å². The Bertz CT molecular complexity index is 860. The normalized spacial score (nSPS) is 16.3. The van der Waals surface area contributed by atoms with E-state index < -0.39 is 0 Å². The maximum absolute atomic E-state index is 12.5. The van der Waals surface area contributed by atoms with Crippen LogP contribution in [0.3, 0.4) is 0 Å². The van der Waals surface area contributed by atoms with Gasteiger partial charge in [-0.3, -0.25) is 9.69 Å². The number of ether oxygens (including phenoxy) is 3. The van der Waals surface area contributed by atoms with Gasteiger partial charge in [0.25, 0.3) is 5.91 Å². The second kappa shape index (κ2) is 8.10. The Kier molecular flexibility index (Phi) is 5.39. The lowest BCUT2D eigenvalue weighted by Gasteiger charge is -2.34. The van der Waals surface area contributed by atoms with Crippen LogP contribution in [0.1, 0.15) is 16.7 Å². The summed E-state index contributed by atoms with van der Waals surface area (Å²) < 4.78 is 16.5. The molecule has 0 unspecified atom stereocenters. The highest BCUT2D eigenvalue weighted by atomic mass is 16.7. The number of fused-ring (bicyclic) bond motifs is 1. The molecular weight excluding hydrogens is 356 g/mol. The lowest BCUT2D eigenvalue weighted by atomic mass is 10.1. The van der Waals surface area contributed by atoms with Gasteiger partial charge in [-0.15, -0.1) is 0 Å². The molecule has 1 amide bonds. The van der Waals surface area contributed by atoms with Crippen molar-refractivity contribution >= 4 is 5.91 Å². The van der Waals surface area contributed by atoms with Crippen molar-refractivity contribution < 1.29 is 19.0 Å². The lowest BCUT2D eigenvalue weighted by Crippen LogP contribution is -2.49. The highest BCUT2D eigenvalue weighted by Crippen LogP contribution is 2.32. The van der Waals surface area contributed by atoms with E-state index in [2.05, 4.69) is 17.0 Å². The van der Waals surface area contributed by atoms with E-state index in [4.69, 9.17) is 14.2 Å². The fraction of sp³-hybridized carbons (Fsp3) is 0.409. The van der Waals surface area contributed by atoms with E-state index in [1.807, 2.05) is 43.0 Å². The number of carbonyl (C=O) groups excluding carboxylic acids is 1. The van der Waals surface area contributed by atoms with Crippen molar-refractivity contribution in [2.45, 2.75) is 20.4 Å². The van der Waals surface area contributed by atoms with Crippen molar-refractivity contribution in [3.05, 3.63) is 53.1 Å². The summed E-state index contributed by atoms with van der Waals surface area (Å²) in [5.74, 6) is 2.45. The maximum Gasteiger partial charge on any atom is 0.260 e. The average molecular weight is 382 g/mol. The van der Waals surface area contributed by atoms with E-state index in [0.29, 0.717) is 6.79 Å². The summed E-state index contributed by atoms with van der Waals surface area (Å²) in [6, 6.07) is 12.1. The molecule has 2 aromatic carbocycles. The first-order valence-corrected chi connectivity index (χ1v) is 9.67. The van der Waals surface area contributed by atoms with Crippen molar-refractivity contribution in [3.63, 3.8) is 0 Å². The molecule has 2 aromatic rings. The molecule has 6 heteroatoms. The molecule has 1 saturated heterocycles. The predicted molar refractivity (Wildman–Crippen MR) is 106 cm³/mol. The van der Waals surface area contributed by atoms with Crippen LogP contribution in [0.15, 0.2) is 36.4 Å². The van der Waals surface area contributed by atoms with Gasteiger partial charge in [0.05, 0.1) is 0 Å². The van der Waals surface area contributed by atoms with Crippen LogP contribution in [-0.4, -0.2) is 55.3 Å². The molecule has 0 saturated carbocycles. The molecule has 0 bridgehead atoms. The second-order valence-corrected chi connectivity index (χ2v) is 7.40. The summed E-state index contributed by atoms with van der Waals surface area (Å²) >= 11 is 0.